The highest BCUT2D eigenvalue weighted by molar-refractivity contribution is 5.72. The molecule has 0 bridgehead atoms. The normalized spacial score (nSPS) is 11.4. The number of alkyl halides is 3. The second-order valence-electron chi connectivity index (χ2n) is 9.27. The first-order chi connectivity index (χ1) is 17.9. The van der Waals surface area contributed by atoms with Crippen molar-refractivity contribution in [2.24, 2.45) is 0 Å². The summed E-state index contributed by atoms with van der Waals surface area (Å²) in [4.78, 5) is 0. The first-order valence-corrected chi connectivity index (χ1v) is 13.4. The van der Waals surface area contributed by atoms with E-state index in [0.717, 1.165) is 61.2 Å². The molecule has 3 nitrogen and oxygen atoms in total. The summed E-state index contributed by atoms with van der Waals surface area (Å²) < 4.78 is 47.6. The molecule has 37 heavy (non-hydrogen) atoms. The summed E-state index contributed by atoms with van der Waals surface area (Å²) >= 11 is 0. The molecule has 6 heteroatoms. The molecule has 0 radical (unpaired) electrons. The van der Waals surface area contributed by atoms with Crippen LogP contribution in [0.5, 0.6) is 11.5 Å². The maximum absolute atomic E-state index is 12.5. The number of nitrogens with one attached hydrogen (secondary N) is 1. The lowest BCUT2D eigenvalue weighted by Gasteiger charge is -2.16. The van der Waals surface area contributed by atoms with Crippen LogP contribution in [-0.4, -0.2) is 19.5 Å². The summed E-state index contributed by atoms with van der Waals surface area (Å²) in [5, 5.41) is 3.52. The van der Waals surface area contributed by atoms with Crippen molar-refractivity contribution in [3.05, 3.63) is 78.4 Å². The van der Waals surface area contributed by atoms with Gasteiger partial charge in [0.15, 0.2) is 0 Å². The number of unbranched alkanes of at least 4 members (excludes halogenated alkanes) is 6. The van der Waals surface area contributed by atoms with Crippen LogP contribution < -0.4 is 14.8 Å². The number of ether oxygens (including phenoxy) is 2. The minimum Gasteiger partial charge on any atom is -0.491 e. The third-order valence-corrected chi connectivity index (χ3v) is 6.21. The summed E-state index contributed by atoms with van der Waals surface area (Å²) in [6.45, 7) is 3.69. The number of halogens is 3. The van der Waals surface area contributed by atoms with Crippen LogP contribution in [0.3, 0.4) is 0 Å². The molecule has 0 unspecified atom stereocenters. The monoisotopic (exact) mass is 513 g/mol. The Balaban J connectivity index is 1.60. The van der Waals surface area contributed by atoms with Gasteiger partial charge in [0.1, 0.15) is 11.5 Å². The Morgan fingerprint density at radius 2 is 1.43 bits per heavy atom. The molecule has 0 aliphatic heterocycles. The molecular formula is C31H38F3NO2. The molecule has 0 atom stereocenters. The van der Waals surface area contributed by atoms with Gasteiger partial charge in [-0.2, -0.15) is 0 Å². The minimum atomic E-state index is -4.70. The lowest BCUT2D eigenvalue weighted by molar-refractivity contribution is -0.274. The molecule has 3 aromatic rings. The van der Waals surface area contributed by atoms with E-state index in [9.17, 15) is 13.2 Å². The smallest absolute Gasteiger partial charge is 0.491 e. The standard InChI is InChI=1S/C31H38F3NO2/c1-2-3-4-5-6-12-23-36-30-21-18-27(26-16-19-28(20-17-26)37-31(32,33)34)24-29(30)35-22-11-10-15-25-13-8-7-9-14-25/h7-9,13-14,16-21,24,35H,2-6,10-12,15,22-23H2,1H3. The molecule has 0 fully saturated rings. The van der Waals surface area contributed by atoms with Gasteiger partial charge in [-0.05, 0) is 66.6 Å². The van der Waals surface area contributed by atoms with Crippen molar-refractivity contribution < 1.29 is 22.6 Å². The lowest BCUT2D eigenvalue weighted by atomic mass is 10.0. The Morgan fingerprint density at radius 1 is 0.730 bits per heavy atom. The number of benzene rings is 3. The van der Waals surface area contributed by atoms with Crippen LogP contribution in [0, 0.1) is 0 Å². The third-order valence-electron chi connectivity index (χ3n) is 6.21. The Kier molecular flexibility index (Phi) is 11.7. The van der Waals surface area contributed by atoms with E-state index < -0.39 is 6.36 Å². The van der Waals surface area contributed by atoms with Crippen LogP contribution in [0.2, 0.25) is 0 Å². The quantitative estimate of drug-likeness (QED) is 0.194. The SMILES string of the molecule is CCCCCCCCOc1ccc(-c2ccc(OC(F)(F)F)cc2)cc1NCCCCc1ccccc1. The molecule has 0 spiro atoms. The fourth-order valence-corrected chi connectivity index (χ4v) is 4.21. The van der Waals surface area contributed by atoms with E-state index in [1.54, 1.807) is 12.1 Å². The molecule has 3 rings (SSSR count). The Hall–Kier alpha value is -3.15. The predicted molar refractivity (Wildman–Crippen MR) is 145 cm³/mol. The second-order valence-corrected chi connectivity index (χ2v) is 9.27. The molecule has 0 amide bonds. The highest BCUT2D eigenvalue weighted by atomic mass is 19.4. The van der Waals surface area contributed by atoms with Crippen molar-refractivity contribution >= 4 is 5.69 Å². The van der Waals surface area contributed by atoms with E-state index in [1.165, 1.54) is 43.4 Å². The van der Waals surface area contributed by atoms with Gasteiger partial charge in [-0.3, -0.25) is 0 Å². The zero-order valence-corrected chi connectivity index (χ0v) is 21.7. The van der Waals surface area contributed by atoms with E-state index in [2.05, 4.69) is 41.2 Å². The number of rotatable bonds is 16. The molecular weight excluding hydrogens is 475 g/mol. The molecule has 0 saturated heterocycles. The van der Waals surface area contributed by atoms with Crippen molar-refractivity contribution in [3.8, 4) is 22.6 Å². The van der Waals surface area contributed by atoms with Gasteiger partial charge in [0.25, 0.3) is 0 Å². The fraction of sp³-hybridized carbons (Fsp3) is 0.419. The van der Waals surface area contributed by atoms with Gasteiger partial charge in [-0.15, -0.1) is 13.2 Å². The van der Waals surface area contributed by atoms with Crippen LogP contribution in [0.25, 0.3) is 11.1 Å². The highest BCUT2D eigenvalue weighted by Gasteiger charge is 2.30. The van der Waals surface area contributed by atoms with Gasteiger partial charge in [0.2, 0.25) is 0 Å². The number of anilines is 1. The molecule has 0 aliphatic rings. The zero-order chi connectivity index (χ0) is 26.3. The highest BCUT2D eigenvalue weighted by Crippen LogP contribution is 2.33. The molecule has 0 heterocycles. The average Bonchev–Trinajstić information content (AvgIpc) is 2.88. The predicted octanol–water partition coefficient (Wildman–Crippen LogP) is 9.43. The minimum absolute atomic E-state index is 0.230. The average molecular weight is 514 g/mol. The second kappa shape index (κ2) is 15.2. The lowest BCUT2D eigenvalue weighted by Crippen LogP contribution is -2.16. The van der Waals surface area contributed by atoms with Crippen molar-refractivity contribution in [3.63, 3.8) is 0 Å². The molecule has 0 saturated carbocycles. The molecule has 1 N–H and O–H groups in total. The van der Waals surface area contributed by atoms with Crippen molar-refractivity contribution in [1.82, 2.24) is 0 Å². The summed E-state index contributed by atoms with van der Waals surface area (Å²) in [5.41, 5.74) is 3.95. The van der Waals surface area contributed by atoms with E-state index >= 15 is 0 Å². The van der Waals surface area contributed by atoms with Crippen molar-refractivity contribution in [1.29, 1.82) is 0 Å². The summed E-state index contributed by atoms with van der Waals surface area (Å²) in [7, 11) is 0. The Bertz CT molecular complexity index is 1040. The van der Waals surface area contributed by atoms with Crippen molar-refractivity contribution in [2.45, 2.75) is 71.1 Å². The van der Waals surface area contributed by atoms with Crippen LogP contribution in [0.4, 0.5) is 18.9 Å². The van der Waals surface area contributed by atoms with E-state index in [-0.39, 0.29) is 5.75 Å². The van der Waals surface area contributed by atoms with Crippen LogP contribution in [0.15, 0.2) is 72.8 Å². The van der Waals surface area contributed by atoms with Gasteiger partial charge >= 0.3 is 6.36 Å². The van der Waals surface area contributed by atoms with Crippen LogP contribution in [0.1, 0.15) is 63.9 Å². The van der Waals surface area contributed by atoms with Crippen LogP contribution >= 0.6 is 0 Å². The first-order valence-electron chi connectivity index (χ1n) is 13.4. The van der Waals surface area contributed by atoms with Gasteiger partial charge in [-0.25, -0.2) is 0 Å². The maximum Gasteiger partial charge on any atom is 0.573 e. The Morgan fingerprint density at radius 3 is 2.16 bits per heavy atom. The summed E-state index contributed by atoms with van der Waals surface area (Å²) in [6, 6.07) is 22.3. The van der Waals surface area contributed by atoms with E-state index in [0.29, 0.717) is 6.61 Å². The largest absolute Gasteiger partial charge is 0.573 e. The zero-order valence-electron chi connectivity index (χ0n) is 21.7. The van der Waals surface area contributed by atoms with Gasteiger partial charge in [0.05, 0.1) is 12.3 Å². The fourth-order valence-electron chi connectivity index (χ4n) is 4.21. The van der Waals surface area contributed by atoms with Gasteiger partial charge in [0, 0.05) is 6.54 Å². The van der Waals surface area contributed by atoms with Crippen LogP contribution in [-0.2, 0) is 6.42 Å². The Labute approximate surface area is 219 Å². The topological polar surface area (TPSA) is 30.5 Å². The maximum atomic E-state index is 12.5. The molecule has 200 valence electrons. The van der Waals surface area contributed by atoms with E-state index in [4.69, 9.17) is 4.74 Å². The number of aryl methyl sites for hydroxylation is 1. The number of hydrogen-bond acceptors (Lipinski definition) is 3. The van der Waals surface area contributed by atoms with Crippen molar-refractivity contribution in [2.75, 3.05) is 18.5 Å². The van der Waals surface area contributed by atoms with Gasteiger partial charge < -0.3 is 14.8 Å². The molecule has 0 aliphatic carbocycles. The van der Waals surface area contributed by atoms with Gasteiger partial charge in [-0.1, -0.05) is 87.6 Å². The summed E-state index contributed by atoms with van der Waals surface area (Å²) in [5.74, 6) is 0.573. The molecule has 3 aromatic carbocycles. The number of hydrogen-bond donors (Lipinski definition) is 1. The van der Waals surface area contributed by atoms with E-state index in [1.807, 2.05) is 24.3 Å². The third kappa shape index (κ3) is 10.8. The summed E-state index contributed by atoms with van der Waals surface area (Å²) in [6.07, 6.45) is 5.63. The first kappa shape index (κ1) is 28.4. The molecule has 0 aromatic heterocycles.